The van der Waals surface area contributed by atoms with Crippen LogP contribution >= 0.6 is 0 Å². The van der Waals surface area contributed by atoms with E-state index < -0.39 is 27.8 Å². The van der Waals surface area contributed by atoms with E-state index in [0.717, 1.165) is 28.4 Å². The molecule has 0 radical (unpaired) electrons. The van der Waals surface area contributed by atoms with Crippen LogP contribution in [0.3, 0.4) is 0 Å². The number of ether oxygens (including phenoxy) is 1. The van der Waals surface area contributed by atoms with Crippen LogP contribution in [-0.4, -0.2) is 36.3 Å². The van der Waals surface area contributed by atoms with Gasteiger partial charge in [-0.05, 0) is 55.5 Å². The Hall–Kier alpha value is -4.32. The number of amides is 1. The van der Waals surface area contributed by atoms with E-state index in [-0.39, 0.29) is 33.3 Å². The molecule has 0 bridgehead atoms. The van der Waals surface area contributed by atoms with E-state index in [2.05, 4.69) is 5.10 Å². The number of aromatic nitrogens is 2. The van der Waals surface area contributed by atoms with Gasteiger partial charge in [-0.2, -0.15) is 18.3 Å². The second kappa shape index (κ2) is 9.62. The number of phenolic OH excluding ortho intramolecular Hbond substituents is 1. The number of carbonyl (C=O) groups excluding carboxylic acids is 1. The molecule has 4 rings (SSSR count). The zero-order valence-corrected chi connectivity index (χ0v) is 20.3. The van der Waals surface area contributed by atoms with E-state index >= 15 is 0 Å². The Kier molecular flexibility index (Phi) is 6.70. The topological polar surface area (TPSA) is 111 Å². The first-order chi connectivity index (χ1) is 17.4. The highest BCUT2D eigenvalue weighted by atomic mass is 32.2. The second-order valence-corrected chi connectivity index (χ2v) is 9.69. The van der Waals surface area contributed by atoms with Crippen molar-refractivity contribution in [1.82, 2.24) is 14.5 Å². The van der Waals surface area contributed by atoms with Crippen LogP contribution in [0.5, 0.6) is 11.5 Å². The molecule has 0 saturated carbocycles. The Morgan fingerprint density at radius 1 is 1.00 bits per heavy atom. The van der Waals surface area contributed by atoms with E-state index in [9.17, 15) is 31.5 Å². The molecule has 37 heavy (non-hydrogen) atoms. The normalized spacial score (nSPS) is 11.8. The van der Waals surface area contributed by atoms with Crippen LogP contribution in [-0.2, 0) is 16.2 Å². The van der Waals surface area contributed by atoms with E-state index in [1.807, 2.05) is 11.6 Å². The zero-order valence-electron chi connectivity index (χ0n) is 19.4. The Morgan fingerprint density at radius 3 is 2.24 bits per heavy atom. The molecule has 12 heteroatoms. The average molecular weight is 532 g/mol. The first-order valence-corrected chi connectivity index (χ1v) is 12.2. The van der Waals surface area contributed by atoms with E-state index in [1.54, 1.807) is 24.3 Å². The van der Waals surface area contributed by atoms with Gasteiger partial charge < -0.3 is 9.84 Å². The molecule has 8 nitrogen and oxygen atoms in total. The SMILES string of the molecule is COc1cc(C(=O)NS(=O)(=O)c2ccc(-n3nc(C(F)(F)F)cc3-c3ccc(C)cc3)cc2)ccc1O. The number of hydrogen-bond donors (Lipinski definition) is 2. The van der Waals surface area contributed by atoms with Crippen LogP contribution in [0.4, 0.5) is 13.2 Å². The van der Waals surface area contributed by atoms with Crippen molar-refractivity contribution in [3.05, 3.63) is 89.6 Å². The number of carbonyl (C=O) groups is 1. The van der Waals surface area contributed by atoms with Crippen LogP contribution in [0.2, 0.25) is 0 Å². The molecule has 3 aromatic carbocycles. The molecule has 1 aromatic heterocycles. The molecule has 0 aliphatic heterocycles. The van der Waals surface area contributed by atoms with Gasteiger partial charge in [0.05, 0.1) is 23.4 Å². The fourth-order valence-electron chi connectivity index (χ4n) is 3.47. The molecule has 0 aliphatic carbocycles. The lowest BCUT2D eigenvalue weighted by Gasteiger charge is -2.11. The van der Waals surface area contributed by atoms with Gasteiger partial charge in [-0.25, -0.2) is 17.8 Å². The van der Waals surface area contributed by atoms with E-state index in [1.165, 1.54) is 37.4 Å². The number of nitrogens with zero attached hydrogens (tertiary/aromatic N) is 2. The molecule has 192 valence electrons. The largest absolute Gasteiger partial charge is 0.504 e. The molecule has 4 aromatic rings. The number of sulfonamides is 1. The minimum absolute atomic E-state index is 0.0174. The second-order valence-electron chi connectivity index (χ2n) is 8.01. The van der Waals surface area contributed by atoms with Crippen molar-refractivity contribution in [3.8, 4) is 28.4 Å². The summed E-state index contributed by atoms with van der Waals surface area (Å²) >= 11 is 0. The predicted molar refractivity (Wildman–Crippen MR) is 128 cm³/mol. The molecule has 0 fully saturated rings. The Balaban J connectivity index is 1.65. The van der Waals surface area contributed by atoms with Gasteiger partial charge in [0.2, 0.25) is 0 Å². The highest BCUT2D eigenvalue weighted by molar-refractivity contribution is 7.90. The monoisotopic (exact) mass is 531 g/mol. The van der Waals surface area contributed by atoms with Crippen molar-refractivity contribution < 1.29 is 36.2 Å². The molecule has 0 spiro atoms. The highest BCUT2D eigenvalue weighted by Gasteiger charge is 2.35. The molecule has 1 amide bonds. The number of methoxy groups -OCH3 is 1. The van der Waals surface area contributed by atoms with Gasteiger partial charge in [0.1, 0.15) is 0 Å². The van der Waals surface area contributed by atoms with Crippen LogP contribution in [0.15, 0.2) is 77.7 Å². The summed E-state index contributed by atoms with van der Waals surface area (Å²) in [6.07, 6.45) is -4.69. The highest BCUT2D eigenvalue weighted by Crippen LogP contribution is 2.33. The maximum atomic E-state index is 13.4. The van der Waals surface area contributed by atoms with E-state index in [4.69, 9.17) is 4.74 Å². The van der Waals surface area contributed by atoms with Crippen LogP contribution in [0, 0.1) is 6.92 Å². The van der Waals surface area contributed by atoms with Gasteiger partial charge in [0.25, 0.3) is 15.9 Å². The van der Waals surface area contributed by atoms with Crippen molar-refractivity contribution in [2.75, 3.05) is 7.11 Å². The Bertz CT molecular complexity index is 1560. The van der Waals surface area contributed by atoms with Crippen LogP contribution in [0.25, 0.3) is 16.9 Å². The van der Waals surface area contributed by atoms with Crippen LogP contribution in [0.1, 0.15) is 21.6 Å². The van der Waals surface area contributed by atoms with Crippen LogP contribution < -0.4 is 9.46 Å². The first kappa shape index (κ1) is 25.8. The van der Waals surface area contributed by atoms with Crippen molar-refractivity contribution in [2.45, 2.75) is 18.0 Å². The standard InChI is InChI=1S/C25H20F3N3O5S/c1-15-3-5-16(6-4-15)20-14-23(25(26,27)28)29-31(20)18-8-10-19(11-9-18)37(34,35)30-24(33)17-7-12-21(32)22(13-17)36-2/h3-14,32H,1-2H3,(H,30,33). The summed E-state index contributed by atoms with van der Waals surface area (Å²) < 4.78 is 73.7. The Morgan fingerprint density at radius 2 is 1.65 bits per heavy atom. The fraction of sp³-hybridized carbons (Fsp3) is 0.120. The van der Waals surface area contributed by atoms with Crippen molar-refractivity contribution in [3.63, 3.8) is 0 Å². The van der Waals surface area contributed by atoms with Gasteiger partial charge >= 0.3 is 6.18 Å². The van der Waals surface area contributed by atoms with Gasteiger partial charge in [-0.1, -0.05) is 29.8 Å². The quantitative estimate of drug-likeness (QED) is 0.373. The molecular formula is C25H20F3N3O5S. The Labute approximate surface area is 210 Å². The zero-order chi connectivity index (χ0) is 27.0. The lowest BCUT2D eigenvalue weighted by Crippen LogP contribution is -2.30. The van der Waals surface area contributed by atoms with Crippen molar-refractivity contribution >= 4 is 15.9 Å². The number of aryl methyl sites for hydroxylation is 1. The minimum Gasteiger partial charge on any atom is -0.504 e. The van der Waals surface area contributed by atoms with Gasteiger partial charge in [0, 0.05) is 11.1 Å². The lowest BCUT2D eigenvalue weighted by molar-refractivity contribution is -0.141. The molecule has 0 unspecified atom stereocenters. The van der Waals surface area contributed by atoms with Crippen molar-refractivity contribution in [2.24, 2.45) is 0 Å². The maximum absolute atomic E-state index is 13.4. The molecule has 0 atom stereocenters. The summed E-state index contributed by atoms with van der Waals surface area (Å²) in [6.45, 7) is 1.85. The lowest BCUT2D eigenvalue weighted by atomic mass is 10.1. The average Bonchev–Trinajstić information content (AvgIpc) is 3.31. The fourth-order valence-corrected chi connectivity index (χ4v) is 4.45. The molecule has 0 aliphatic rings. The first-order valence-electron chi connectivity index (χ1n) is 10.7. The predicted octanol–water partition coefficient (Wildman–Crippen LogP) is 4.70. The molecule has 2 N–H and O–H groups in total. The number of alkyl halides is 3. The molecule has 1 heterocycles. The molecule has 0 saturated heterocycles. The minimum atomic E-state index is -4.69. The maximum Gasteiger partial charge on any atom is 0.435 e. The van der Waals surface area contributed by atoms with Gasteiger partial charge in [-0.15, -0.1) is 0 Å². The summed E-state index contributed by atoms with van der Waals surface area (Å²) in [5.74, 6) is -1.21. The van der Waals surface area contributed by atoms with Crippen molar-refractivity contribution in [1.29, 1.82) is 0 Å². The summed E-state index contributed by atoms with van der Waals surface area (Å²) in [7, 11) is -3.06. The number of rotatable bonds is 6. The summed E-state index contributed by atoms with van der Waals surface area (Å²) in [6, 6.07) is 16.2. The number of hydrogen-bond acceptors (Lipinski definition) is 6. The third-order valence-corrected chi connectivity index (χ3v) is 6.75. The third kappa shape index (κ3) is 5.43. The number of phenols is 1. The summed E-state index contributed by atoms with van der Waals surface area (Å²) in [5.41, 5.74) is 0.581. The summed E-state index contributed by atoms with van der Waals surface area (Å²) in [4.78, 5) is 12.2. The third-order valence-electron chi connectivity index (χ3n) is 5.41. The summed E-state index contributed by atoms with van der Waals surface area (Å²) in [5, 5.41) is 13.3. The molecular weight excluding hydrogens is 511 g/mol. The number of aromatic hydroxyl groups is 1. The van der Waals surface area contributed by atoms with Gasteiger partial charge in [-0.3, -0.25) is 4.79 Å². The number of nitrogens with one attached hydrogen (secondary N) is 1. The number of benzene rings is 3. The smallest absolute Gasteiger partial charge is 0.435 e. The number of halogens is 3. The van der Waals surface area contributed by atoms with Gasteiger partial charge in [0.15, 0.2) is 17.2 Å². The van der Waals surface area contributed by atoms with E-state index in [0.29, 0.717) is 5.56 Å².